The Morgan fingerprint density at radius 3 is 2.62 bits per heavy atom. The quantitative estimate of drug-likeness (QED) is 0.784. The summed E-state index contributed by atoms with van der Waals surface area (Å²) in [6.45, 7) is 5.59. The van der Waals surface area contributed by atoms with Crippen LogP contribution < -0.4 is 16.6 Å². The molecule has 2 aromatic rings. The molecule has 132 valence electrons. The summed E-state index contributed by atoms with van der Waals surface area (Å²) in [6, 6.07) is 3.52. The van der Waals surface area contributed by atoms with E-state index in [1.165, 1.54) is 11.6 Å². The Hall–Kier alpha value is -2.12. The molecule has 1 N–H and O–H groups in total. The van der Waals surface area contributed by atoms with E-state index in [0.29, 0.717) is 31.2 Å². The molecule has 24 heavy (non-hydrogen) atoms. The molecule has 0 fully saturated rings. The van der Waals surface area contributed by atoms with E-state index in [1.54, 1.807) is 19.5 Å². The highest BCUT2D eigenvalue weighted by molar-refractivity contribution is 5.08. The maximum Gasteiger partial charge on any atom is 0.330 e. The van der Waals surface area contributed by atoms with Gasteiger partial charge in [0.1, 0.15) is 5.76 Å². The summed E-state index contributed by atoms with van der Waals surface area (Å²) in [6.07, 6.45) is 3.17. The van der Waals surface area contributed by atoms with Crippen molar-refractivity contribution in [2.75, 3.05) is 13.2 Å². The molecule has 0 saturated heterocycles. The fourth-order valence-electron chi connectivity index (χ4n) is 2.39. The number of aromatic nitrogens is 2. The van der Waals surface area contributed by atoms with Gasteiger partial charge in [-0.3, -0.25) is 9.36 Å². The Labute approximate surface area is 140 Å². The number of nitrogens with zero attached hydrogens (tertiary/aromatic N) is 2. The molecule has 0 aliphatic carbocycles. The topological polar surface area (TPSA) is 78.4 Å². The molecule has 0 aliphatic heterocycles. The van der Waals surface area contributed by atoms with Gasteiger partial charge in [0.05, 0.1) is 18.9 Å². The summed E-state index contributed by atoms with van der Waals surface area (Å²) >= 11 is 0. The van der Waals surface area contributed by atoms with Crippen molar-refractivity contribution in [3.8, 4) is 0 Å². The van der Waals surface area contributed by atoms with Crippen LogP contribution in [0.5, 0.6) is 0 Å². The summed E-state index contributed by atoms with van der Waals surface area (Å²) in [5, 5.41) is 3.28. The van der Waals surface area contributed by atoms with Crippen LogP contribution in [0.2, 0.25) is 0 Å². The van der Waals surface area contributed by atoms with E-state index in [1.807, 2.05) is 12.1 Å². The van der Waals surface area contributed by atoms with Gasteiger partial charge in [-0.25, -0.2) is 4.79 Å². The van der Waals surface area contributed by atoms with Gasteiger partial charge < -0.3 is 19.0 Å². The minimum absolute atomic E-state index is 0.166. The lowest BCUT2D eigenvalue weighted by Crippen LogP contribution is -2.40. The average Bonchev–Trinajstić information content (AvgIpc) is 3.07. The number of aryl methyl sites for hydroxylation is 1. The average molecular weight is 335 g/mol. The van der Waals surface area contributed by atoms with Crippen LogP contribution in [0.25, 0.3) is 0 Å². The minimum atomic E-state index is -0.341. The molecular weight excluding hydrogens is 310 g/mol. The Morgan fingerprint density at radius 2 is 2.00 bits per heavy atom. The van der Waals surface area contributed by atoms with Gasteiger partial charge in [-0.05, 0) is 18.1 Å². The molecule has 0 bridgehead atoms. The molecule has 0 aromatic carbocycles. The van der Waals surface area contributed by atoms with Crippen molar-refractivity contribution in [1.82, 2.24) is 14.5 Å². The molecule has 2 heterocycles. The van der Waals surface area contributed by atoms with Crippen LogP contribution in [0, 0.1) is 5.92 Å². The van der Waals surface area contributed by atoms with Crippen molar-refractivity contribution in [1.29, 1.82) is 0 Å². The molecule has 0 amide bonds. The first-order chi connectivity index (χ1) is 11.4. The molecular formula is C17H25N3O4. The monoisotopic (exact) mass is 335 g/mol. The molecule has 2 rings (SSSR count). The van der Waals surface area contributed by atoms with E-state index in [2.05, 4.69) is 19.2 Å². The second-order valence-electron chi connectivity index (χ2n) is 6.29. The van der Waals surface area contributed by atoms with E-state index in [4.69, 9.17) is 9.15 Å². The van der Waals surface area contributed by atoms with Gasteiger partial charge in [0.25, 0.3) is 5.56 Å². The standard InChI is InChI=1S/C17H25N3O4/c1-12(2)10-23-11-14(15-6-5-7-24-15)18-8-13-9-19(3)17(22)20(4)16(13)21/h5-7,9,12,14,18H,8,10-11H2,1-4H3. The summed E-state index contributed by atoms with van der Waals surface area (Å²) in [4.78, 5) is 23.9. The van der Waals surface area contributed by atoms with Crippen LogP contribution >= 0.6 is 0 Å². The highest BCUT2D eigenvalue weighted by Gasteiger charge is 2.16. The van der Waals surface area contributed by atoms with E-state index in [9.17, 15) is 9.59 Å². The van der Waals surface area contributed by atoms with Gasteiger partial charge in [0, 0.05) is 39.0 Å². The Morgan fingerprint density at radius 1 is 1.25 bits per heavy atom. The molecule has 0 spiro atoms. The first-order valence-corrected chi connectivity index (χ1v) is 8.00. The number of rotatable bonds is 8. The van der Waals surface area contributed by atoms with Crippen molar-refractivity contribution < 1.29 is 9.15 Å². The zero-order chi connectivity index (χ0) is 17.7. The molecule has 7 heteroatoms. The summed E-state index contributed by atoms with van der Waals surface area (Å²) < 4.78 is 13.7. The number of nitrogens with one attached hydrogen (secondary N) is 1. The Balaban J connectivity index is 2.11. The van der Waals surface area contributed by atoms with Crippen molar-refractivity contribution in [3.05, 3.63) is 56.8 Å². The van der Waals surface area contributed by atoms with Crippen molar-refractivity contribution in [3.63, 3.8) is 0 Å². The highest BCUT2D eigenvalue weighted by Crippen LogP contribution is 2.15. The van der Waals surface area contributed by atoms with Gasteiger partial charge in [-0.1, -0.05) is 13.8 Å². The van der Waals surface area contributed by atoms with E-state index < -0.39 is 0 Å². The fourth-order valence-corrected chi connectivity index (χ4v) is 2.39. The lowest BCUT2D eigenvalue weighted by Gasteiger charge is -2.18. The Kier molecular flexibility index (Phi) is 6.16. The van der Waals surface area contributed by atoms with Gasteiger partial charge in [0.15, 0.2) is 0 Å². The third kappa shape index (κ3) is 4.46. The first-order valence-electron chi connectivity index (χ1n) is 8.00. The van der Waals surface area contributed by atoms with Crippen LogP contribution in [-0.2, 0) is 25.4 Å². The zero-order valence-corrected chi connectivity index (χ0v) is 14.6. The van der Waals surface area contributed by atoms with Crippen LogP contribution in [0.15, 0.2) is 38.6 Å². The highest BCUT2D eigenvalue weighted by atomic mass is 16.5. The lowest BCUT2D eigenvalue weighted by atomic mass is 10.2. The van der Waals surface area contributed by atoms with Crippen molar-refractivity contribution in [2.45, 2.75) is 26.4 Å². The van der Waals surface area contributed by atoms with Gasteiger partial charge in [-0.2, -0.15) is 0 Å². The first kappa shape index (κ1) is 18.2. The third-order valence-electron chi connectivity index (χ3n) is 3.68. The summed E-state index contributed by atoms with van der Waals surface area (Å²) in [5.74, 6) is 1.19. The van der Waals surface area contributed by atoms with Crippen LogP contribution in [0.1, 0.15) is 31.2 Å². The minimum Gasteiger partial charge on any atom is -0.468 e. The number of ether oxygens (including phenoxy) is 1. The van der Waals surface area contributed by atoms with Crippen molar-refractivity contribution >= 4 is 0 Å². The van der Waals surface area contributed by atoms with Gasteiger partial charge >= 0.3 is 5.69 Å². The number of hydrogen-bond donors (Lipinski definition) is 1. The molecule has 1 atom stereocenters. The van der Waals surface area contributed by atoms with Crippen LogP contribution in [0.3, 0.4) is 0 Å². The zero-order valence-electron chi connectivity index (χ0n) is 14.6. The number of furan rings is 1. The molecule has 2 aromatic heterocycles. The molecule has 0 radical (unpaired) electrons. The largest absolute Gasteiger partial charge is 0.468 e. The van der Waals surface area contributed by atoms with Gasteiger partial charge in [0.2, 0.25) is 0 Å². The van der Waals surface area contributed by atoms with Crippen LogP contribution in [-0.4, -0.2) is 22.3 Å². The van der Waals surface area contributed by atoms with E-state index in [0.717, 1.165) is 10.3 Å². The second-order valence-corrected chi connectivity index (χ2v) is 6.29. The second kappa shape index (κ2) is 8.12. The van der Waals surface area contributed by atoms with Crippen LogP contribution in [0.4, 0.5) is 0 Å². The van der Waals surface area contributed by atoms with Crippen molar-refractivity contribution in [2.24, 2.45) is 20.0 Å². The maximum absolute atomic E-state index is 12.2. The van der Waals surface area contributed by atoms with Gasteiger partial charge in [-0.15, -0.1) is 0 Å². The van der Waals surface area contributed by atoms with E-state index >= 15 is 0 Å². The smallest absolute Gasteiger partial charge is 0.330 e. The molecule has 7 nitrogen and oxygen atoms in total. The number of hydrogen-bond acceptors (Lipinski definition) is 5. The fraction of sp³-hybridized carbons (Fsp3) is 0.529. The Bertz CT molecular complexity index is 759. The predicted octanol–water partition coefficient (Wildman–Crippen LogP) is 1.18. The summed E-state index contributed by atoms with van der Waals surface area (Å²) in [7, 11) is 3.10. The maximum atomic E-state index is 12.2. The molecule has 0 aliphatic rings. The van der Waals surface area contributed by atoms with E-state index in [-0.39, 0.29) is 17.3 Å². The predicted molar refractivity (Wildman–Crippen MR) is 90.9 cm³/mol. The summed E-state index contributed by atoms with van der Waals surface area (Å²) in [5.41, 5.74) is -0.126. The lowest BCUT2D eigenvalue weighted by molar-refractivity contribution is 0.0844. The third-order valence-corrected chi connectivity index (χ3v) is 3.68. The SMILES string of the molecule is CC(C)COCC(NCc1cn(C)c(=O)n(C)c1=O)c1ccco1. The normalized spacial score (nSPS) is 12.7. The molecule has 0 saturated carbocycles. The molecule has 1 unspecified atom stereocenters.